The normalized spacial score (nSPS) is 15.7. The van der Waals surface area contributed by atoms with Crippen LogP contribution < -0.4 is 10.1 Å². The molecule has 0 unspecified atom stereocenters. The molecule has 0 bridgehead atoms. The minimum Gasteiger partial charge on any atom is -0.489 e. The number of aliphatic hydroxyl groups excluding tert-OH is 1. The average molecular weight is 432 g/mol. The van der Waals surface area contributed by atoms with Crippen LogP contribution in [0.3, 0.4) is 0 Å². The lowest BCUT2D eigenvalue weighted by Gasteiger charge is -2.35. The number of benzene rings is 2. The van der Waals surface area contributed by atoms with Gasteiger partial charge in [0.05, 0.1) is 12.2 Å². The van der Waals surface area contributed by atoms with Gasteiger partial charge in [-0.05, 0) is 29.8 Å². The number of para-hydroxylation sites is 2. The third-order valence-corrected chi connectivity index (χ3v) is 5.03. The van der Waals surface area contributed by atoms with Crippen LogP contribution in [0.1, 0.15) is 12.5 Å². The molecule has 1 aliphatic heterocycles. The van der Waals surface area contributed by atoms with Gasteiger partial charge in [0.2, 0.25) is 11.8 Å². The van der Waals surface area contributed by atoms with Gasteiger partial charge in [-0.3, -0.25) is 14.5 Å². The van der Waals surface area contributed by atoms with Gasteiger partial charge in [0.1, 0.15) is 18.5 Å². The lowest BCUT2D eigenvalue weighted by atomic mass is 10.2. The van der Waals surface area contributed by atoms with Crippen LogP contribution in [-0.2, 0) is 16.1 Å². The molecular formula is C22H26ClN3O4. The van der Waals surface area contributed by atoms with E-state index in [-0.39, 0.29) is 25.0 Å². The number of nitrogens with one attached hydrogen (secondary N) is 1. The first-order valence-electron chi connectivity index (χ1n) is 9.83. The first kappa shape index (κ1) is 22.1. The van der Waals surface area contributed by atoms with Crippen LogP contribution in [0, 0.1) is 0 Å². The number of piperazine rings is 1. The van der Waals surface area contributed by atoms with Gasteiger partial charge in [-0.2, -0.15) is 0 Å². The standard InChI is InChI=1S/C22H26ClN3O4/c1-16(27)24-20-4-2-3-5-21(20)30-15-19(28)13-26-11-10-25(14-22(26)29)12-17-6-8-18(23)9-7-17/h2-9,19,28H,10-15H2,1H3,(H,24,27)/t19-/m1/s1. The predicted octanol–water partition coefficient (Wildman–Crippen LogP) is 2.38. The molecule has 8 heteroatoms. The molecule has 1 heterocycles. The summed E-state index contributed by atoms with van der Waals surface area (Å²) in [5.41, 5.74) is 1.65. The Labute approximate surface area is 181 Å². The number of aliphatic hydroxyl groups is 1. The molecule has 1 fully saturated rings. The van der Waals surface area contributed by atoms with Crippen LogP contribution in [0.25, 0.3) is 0 Å². The van der Waals surface area contributed by atoms with E-state index >= 15 is 0 Å². The van der Waals surface area contributed by atoms with E-state index in [0.717, 1.165) is 12.1 Å². The summed E-state index contributed by atoms with van der Waals surface area (Å²) < 4.78 is 5.66. The van der Waals surface area contributed by atoms with Crippen LogP contribution in [-0.4, -0.2) is 65.6 Å². The number of halogens is 1. The SMILES string of the molecule is CC(=O)Nc1ccccc1OC[C@H](O)CN1CCN(Cc2ccc(Cl)cc2)CC1=O. The summed E-state index contributed by atoms with van der Waals surface area (Å²) in [4.78, 5) is 27.5. The zero-order valence-electron chi connectivity index (χ0n) is 16.9. The fourth-order valence-corrected chi connectivity index (χ4v) is 3.44. The quantitative estimate of drug-likeness (QED) is 0.670. The molecule has 2 aromatic rings. The van der Waals surface area contributed by atoms with Crippen LogP contribution in [0.5, 0.6) is 5.75 Å². The molecule has 0 radical (unpaired) electrons. The Morgan fingerprint density at radius 2 is 1.93 bits per heavy atom. The summed E-state index contributed by atoms with van der Waals surface area (Å²) >= 11 is 5.91. The molecule has 0 aliphatic carbocycles. The zero-order chi connectivity index (χ0) is 21.5. The minimum atomic E-state index is -0.831. The topological polar surface area (TPSA) is 82.1 Å². The van der Waals surface area contributed by atoms with E-state index in [9.17, 15) is 14.7 Å². The molecule has 2 N–H and O–H groups in total. The van der Waals surface area contributed by atoms with Crippen LogP contribution in [0.4, 0.5) is 5.69 Å². The second kappa shape index (κ2) is 10.4. The summed E-state index contributed by atoms with van der Waals surface area (Å²) in [5.74, 6) is 0.257. The molecule has 0 saturated carbocycles. The van der Waals surface area contributed by atoms with E-state index in [2.05, 4.69) is 10.2 Å². The molecule has 30 heavy (non-hydrogen) atoms. The van der Waals surface area contributed by atoms with Crippen molar-refractivity contribution >= 4 is 29.1 Å². The van der Waals surface area contributed by atoms with Crippen molar-refractivity contribution in [2.45, 2.75) is 19.6 Å². The maximum absolute atomic E-state index is 12.5. The van der Waals surface area contributed by atoms with E-state index in [4.69, 9.17) is 16.3 Å². The van der Waals surface area contributed by atoms with Crippen molar-refractivity contribution in [1.29, 1.82) is 0 Å². The average Bonchev–Trinajstić information content (AvgIpc) is 2.71. The molecule has 7 nitrogen and oxygen atoms in total. The number of β-amino-alcohol motifs (C(OH)–C–C–N with tert-alkyl or cyclic N) is 1. The van der Waals surface area contributed by atoms with E-state index in [1.807, 2.05) is 24.3 Å². The molecule has 1 saturated heterocycles. The fraction of sp³-hybridized carbons (Fsp3) is 0.364. The Hall–Kier alpha value is -2.61. The second-order valence-corrected chi connectivity index (χ2v) is 7.76. The summed E-state index contributed by atoms with van der Waals surface area (Å²) in [5, 5.41) is 13.7. The molecule has 0 spiro atoms. The van der Waals surface area contributed by atoms with Crippen molar-refractivity contribution in [3.05, 3.63) is 59.1 Å². The summed E-state index contributed by atoms with van der Waals surface area (Å²) in [6.45, 7) is 3.91. The van der Waals surface area contributed by atoms with Crippen LogP contribution in [0.2, 0.25) is 5.02 Å². The number of hydrogen-bond acceptors (Lipinski definition) is 5. The van der Waals surface area contributed by atoms with Gasteiger partial charge in [-0.1, -0.05) is 35.9 Å². The molecular weight excluding hydrogens is 406 g/mol. The van der Waals surface area contributed by atoms with Crippen molar-refractivity contribution in [3.63, 3.8) is 0 Å². The van der Waals surface area contributed by atoms with Crippen molar-refractivity contribution in [3.8, 4) is 5.75 Å². The summed E-state index contributed by atoms with van der Waals surface area (Å²) in [6, 6.07) is 14.6. The molecule has 1 aliphatic rings. The number of anilines is 1. The maximum Gasteiger partial charge on any atom is 0.236 e. The van der Waals surface area contributed by atoms with Gasteiger partial charge < -0.3 is 20.1 Å². The van der Waals surface area contributed by atoms with E-state index in [1.54, 1.807) is 29.2 Å². The number of carbonyl (C=O) groups is 2. The first-order chi connectivity index (χ1) is 14.4. The first-order valence-corrected chi connectivity index (χ1v) is 10.2. The van der Waals surface area contributed by atoms with Gasteiger partial charge in [0.15, 0.2) is 0 Å². The lowest BCUT2D eigenvalue weighted by Crippen LogP contribution is -2.52. The number of amides is 2. The lowest BCUT2D eigenvalue weighted by molar-refractivity contribution is -0.138. The number of ether oxygens (including phenoxy) is 1. The van der Waals surface area contributed by atoms with E-state index in [0.29, 0.717) is 36.1 Å². The number of nitrogens with zero attached hydrogens (tertiary/aromatic N) is 2. The highest BCUT2D eigenvalue weighted by Gasteiger charge is 2.25. The highest BCUT2D eigenvalue weighted by Crippen LogP contribution is 2.24. The monoisotopic (exact) mass is 431 g/mol. The third-order valence-electron chi connectivity index (χ3n) is 4.78. The maximum atomic E-state index is 12.5. The highest BCUT2D eigenvalue weighted by atomic mass is 35.5. The van der Waals surface area contributed by atoms with Gasteiger partial charge in [0.25, 0.3) is 0 Å². The largest absolute Gasteiger partial charge is 0.489 e. The van der Waals surface area contributed by atoms with Crippen LogP contribution >= 0.6 is 11.6 Å². The Bertz CT molecular complexity index is 875. The van der Waals surface area contributed by atoms with E-state index < -0.39 is 6.10 Å². The van der Waals surface area contributed by atoms with E-state index in [1.165, 1.54) is 6.92 Å². The van der Waals surface area contributed by atoms with Crippen molar-refractivity contribution in [1.82, 2.24) is 9.80 Å². The second-order valence-electron chi connectivity index (χ2n) is 7.32. The highest BCUT2D eigenvalue weighted by molar-refractivity contribution is 6.30. The van der Waals surface area contributed by atoms with Gasteiger partial charge in [-0.15, -0.1) is 0 Å². The van der Waals surface area contributed by atoms with Gasteiger partial charge in [-0.25, -0.2) is 0 Å². The Morgan fingerprint density at radius 1 is 1.20 bits per heavy atom. The molecule has 3 rings (SSSR count). The number of rotatable bonds is 8. The van der Waals surface area contributed by atoms with Gasteiger partial charge in [0, 0.05) is 38.1 Å². The summed E-state index contributed by atoms with van der Waals surface area (Å²) in [6.07, 6.45) is -0.831. The van der Waals surface area contributed by atoms with Crippen molar-refractivity contribution in [2.24, 2.45) is 0 Å². The minimum absolute atomic E-state index is 0.0205. The predicted molar refractivity (Wildman–Crippen MR) is 116 cm³/mol. The smallest absolute Gasteiger partial charge is 0.236 e. The Kier molecular flexibility index (Phi) is 7.68. The van der Waals surface area contributed by atoms with Gasteiger partial charge >= 0.3 is 0 Å². The number of hydrogen-bond donors (Lipinski definition) is 2. The van der Waals surface area contributed by atoms with Crippen LogP contribution in [0.15, 0.2) is 48.5 Å². The Balaban J connectivity index is 1.46. The number of carbonyl (C=O) groups excluding carboxylic acids is 2. The molecule has 160 valence electrons. The Morgan fingerprint density at radius 3 is 2.63 bits per heavy atom. The third kappa shape index (κ3) is 6.45. The van der Waals surface area contributed by atoms with Crippen molar-refractivity contribution < 1.29 is 19.4 Å². The molecule has 1 atom stereocenters. The zero-order valence-corrected chi connectivity index (χ0v) is 17.6. The molecule has 2 amide bonds. The van der Waals surface area contributed by atoms with Crippen molar-refractivity contribution in [2.75, 3.05) is 38.1 Å². The summed E-state index contributed by atoms with van der Waals surface area (Å²) in [7, 11) is 0. The molecule has 2 aromatic carbocycles. The fourth-order valence-electron chi connectivity index (χ4n) is 3.31. The molecule has 0 aromatic heterocycles.